The van der Waals surface area contributed by atoms with Crippen LogP contribution in [0.1, 0.15) is 41.2 Å². The Balaban J connectivity index is 1.78. The summed E-state index contributed by atoms with van der Waals surface area (Å²) in [5.41, 5.74) is 8.17. The Kier molecular flexibility index (Phi) is 4.98. The number of pyridine rings is 1. The van der Waals surface area contributed by atoms with Crippen molar-refractivity contribution >= 4 is 16.7 Å². The Morgan fingerprint density at radius 3 is 2.89 bits per heavy atom. The second kappa shape index (κ2) is 7.56. The molecule has 1 aliphatic heterocycles. The van der Waals surface area contributed by atoms with Crippen molar-refractivity contribution < 1.29 is 0 Å². The molecule has 0 unspecified atom stereocenters. The maximum absolute atomic E-state index is 5.05. The lowest BCUT2D eigenvalue weighted by Gasteiger charge is -2.23. The number of fused-ring (bicyclic) bond motifs is 2. The lowest BCUT2D eigenvalue weighted by molar-refractivity contribution is 0.755. The molecule has 138 valence electrons. The van der Waals surface area contributed by atoms with Gasteiger partial charge in [-0.3, -0.25) is 0 Å². The van der Waals surface area contributed by atoms with Gasteiger partial charge < -0.3 is 4.90 Å². The minimum Gasteiger partial charge on any atom is -0.352 e. The standard InChI is InChI=1S/C25H28N2/c1-4-8-20-16-25(26-24-13-12-19(5-2)15-23(20)24)27-14-7-11-22-18(3)9-6-10-21(22)17-27/h4,6,9-10,12-13,15-16H,1,5,7-8,11,14,17H2,2-3H3. The predicted molar refractivity (Wildman–Crippen MR) is 116 cm³/mol. The number of anilines is 1. The molecule has 4 rings (SSSR count). The molecule has 2 heterocycles. The van der Waals surface area contributed by atoms with E-state index in [1.54, 1.807) is 0 Å². The summed E-state index contributed by atoms with van der Waals surface area (Å²) in [4.78, 5) is 7.50. The Morgan fingerprint density at radius 1 is 1.19 bits per heavy atom. The molecule has 0 amide bonds. The number of rotatable bonds is 4. The smallest absolute Gasteiger partial charge is 0.129 e. The zero-order valence-corrected chi connectivity index (χ0v) is 16.5. The molecule has 2 nitrogen and oxygen atoms in total. The molecule has 0 spiro atoms. The highest BCUT2D eigenvalue weighted by Gasteiger charge is 2.18. The van der Waals surface area contributed by atoms with Crippen LogP contribution in [0.3, 0.4) is 0 Å². The molecule has 2 aromatic carbocycles. The highest BCUT2D eigenvalue weighted by molar-refractivity contribution is 5.85. The van der Waals surface area contributed by atoms with E-state index in [4.69, 9.17) is 4.98 Å². The van der Waals surface area contributed by atoms with Gasteiger partial charge in [0.2, 0.25) is 0 Å². The summed E-state index contributed by atoms with van der Waals surface area (Å²) in [5.74, 6) is 1.10. The quantitative estimate of drug-likeness (QED) is 0.550. The molecule has 0 atom stereocenters. The van der Waals surface area contributed by atoms with Gasteiger partial charge in [-0.2, -0.15) is 0 Å². The van der Waals surface area contributed by atoms with Gasteiger partial charge in [-0.25, -0.2) is 4.98 Å². The van der Waals surface area contributed by atoms with E-state index >= 15 is 0 Å². The highest BCUT2D eigenvalue weighted by Crippen LogP contribution is 2.29. The topological polar surface area (TPSA) is 16.1 Å². The van der Waals surface area contributed by atoms with E-state index in [1.807, 2.05) is 6.08 Å². The fourth-order valence-electron chi connectivity index (χ4n) is 4.23. The number of aromatic nitrogens is 1. The van der Waals surface area contributed by atoms with Crippen LogP contribution in [0.25, 0.3) is 10.9 Å². The van der Waals surface area contributed by atoms with Gasteiger partial charge in [0.15, 0.2) is 0 Å². The maximum Gasteiger partial charge on any atom is 0.129 e. The van der Waals surface area contributed by atoms with Crippen molar-refractivity contribution in [2.24, 2.45) is 0 Å². The molecular weight excluding hydrogens is 328 g/mol. The van der Waals surface area contributed by atoms with E-state index in [2.05, 4.69) is 67.8 Å². The fraction of sp³-hybridized carbons (Fsp3) is 0.320. The summed E-state index contributed by atoms with van der Waals surface area (Å²) >= 11 is 0. The van der Waals surface area contributed by atoms with Gasteiger partial charge in [0.1, 0.15) is 5.82 Å². The molecule has 0 bridgehead atoms. The number of allylic oxidation sites excluding steroid dienone is 1. The molecule has 3 aromatic rings. The Labute approximate surface area is 162 Å². The SMILES string of the molecule is C=CCc1cc(N2CCCc3c(C)cccc3C2)nc2ccc(CC)cc12. The third-order valence-electron chi connectivity index (χ3n) is 5.77. The Hall–Kier alpha value is -2.61. The number of aryl methyl sites for hydroxylation is 2. The van der Waals surface area contributed by atoms with Crippen molar-refractivity contribution in [1.29, 1.82) is 0 Å². The fourth-order valence-corrected chi connectivity index (χ4v) is 4.23. The molecule has 27 heavy (non-hydrogen) atoms. The molecule has 1 aliphatic rings. The van der Waals surface area contributed by atoms with Gasteiger partial charge in [0.05, 0.1) is 5.52 Å². The average Bonchev–Trinajstić information content (AvgIpc) is 2.91. The first-order valence-electron chi connectivity index (χ1n) is 10.1. The van der Waals surface area contributed by atoms with Gasteiger partial charge in [0.25, 0.3) is 0 Å². The molecule has 0 saturated heterocycles. The summed E-state index contributed by atoms with van der Waals surface area (Å²) in [6.07, 6.45) is 6.25. The monoisotopic (exact) mass is 356 g/mol. The molecule has 0 fully saturated rings. The van der Waals surface area contributed by atoms with Crippen molar-refractivity contribution in [2.45, 2.75) is 46.1 Å². The van der Waals surface area contributed by atoms with E-state index in [0.29, 0.717) is 0 Å². The van der Waals surface area contributed by atoms with E-state index in [0.717, 1.165) is 43.7 Å². The van der Waals surface area contributed by atoms with Crippen LogP contribution in [-0.4, -0.2) is 11.5 Å². The molecule has 0 saturated carbocycles. The lowest BCUT2D eigenvalue weighted by Crippen LogP contribution is -2.23. The summed E-state index contributed by atoms with van der Waals surface area (Å²) in [6.45, 7) is 10.4. The minimum atomic E-state index is 0.878. The predicted octanol–water partition coefficient (Wildman–Crippen LogP) is 5.79. The number of nitrogens with zero attached hydrogens (tertiary/aromatic N) is 2. The third kappa shape index (κ3) is 3.49. The maximum atomic E-state index is 5.05. The second-order valence-electron chi connectivity index (χ2n) is 7.58. The summed E-state index contributed by atoms with van der Waals surface area (Å²) in [6, 6.07) is 15.7. The van der Waals surface area contributed by atoms with Gasteiger partial charge in [-0.05, 0) is 78.6 Å². The van der Waals surface area contributed by atoms with Crippen LogP contribution in [0.15, 0.2) is 55.1 Å². The van der Waals surface area contributed by atoms with Crippen LogP contribution in [0.4, 0.5) is 5.82 Å². The summed E-state index contributed by atoms with van der Waals surface area (Å²) < 4.78 is 0. The van der Waals surface area contributed by atoms with Crippen molar-refractivity contribution in [2.75, 3.05) is 11.4 Å². The van der Waals surface area contributed by atoms with E-state index in [9.17, 15) is 0 Å². The largest absolute Gasteiger partial charge is 0.352 e. The van der Waals surface area contributed by atoms with Crippen molar-refractivity contribution in [3.63, 3.8) is 0 Å². The van der Waals surface area contributed by atoms with Crippen LogP contribution >= 0.6 is 0 Å². The van der Waals surface area contributed by atoms with Gasteiger partial charge in [0, 0.05) is 18.5 Å². The number of hydrogen-bond acceptors (Lipinski definition) is 2. The average molecular weight is 357 g/mol. The van der Waals surface area contributed by atoms with Crippen LogP contribution < -0.4 is 4.90 Å². The van der Waals surface area contributed by atoms with E-state index in [1.165, 1.54) is 39.6 Å². The van der Waals surface area contributed by atoms with Crippen molar-refractivity contribution in [1.82, 2.24) is 4.98 Å². The Bertz CT molecular complexity index is 987. The molecule has 2 heteroatoms. The summed E-state index contributed by atoms with van der Waals surface area (Å²) in [7, 11) is 0. The van der Waals surface area contributed by atoms with E-state index in [-0.39, 0.29) is 0 Å². The van der Waals surface area contributed by atoms with Gasteiger partial charge >= 0.3 is 0 Å². The van der Waals surface area contributed by atoms with Crippen LogP contribution in [0.2, 0.25) is 0 Å². The zero-order chi connectivity index (χ0) is 18.8. The minimum absolute atomic E-state index is 0.878. The first-order chi connectivity index (χ1) is 13.2. The summed E-state index contributed by atoms with van der Waals surface area (Å²) in [5, 5.41) is 1.27. The van der Waals surface area contributed by atoms with Crippen LogP contribution in [0, 0.1) is 6.92 Å². The number of benzene rings is 2. The first-order valence-corrected chi connectivity index (χ1v) is 10.1. The van der Waals surface area contributed by atoms with Gasteiger partial charge in [-0.1, -0.05) is 37.3 Å². The van der Waals surface area contributed by atoms with Crippen molar-refractivity contribution in [3.8, 4) is 0 Å². The zero-order valence-electron chi connectivity index (χ0n) is 16.5. The molecule has 0 aliphatic carbocycles. The normalized spacial score (nSPS) is 14.1. The van der Waals surface area contributed by atoms with Crippen LogP contribution in [0.5, 0.6) is 0 Å². The molecule has 0 radical (unpaired) electrons. The molecular formula is C25H28N2. The molecule has 0 N–H and O–H groups in total. The Morgan fingerprint density at radius 2 is 2.07 bits per heavy atom. The van der Waals surface area contributed by atoms with Crippen molar-refractivity contribution in [3.05, 3.63) is 82.9 Å². The van der Waals surface area contributed by atoms with Gasteiger partial charge in [-0.15, -0.1) is 6.58 Å². The third-order valence-corrected chi connectivity index (χ3v) is 5.77. The highest BCUT2D eigenvalue weighted by atomic mass is 15.2. The second-order valence-corrected chi connectivity index (χ2v) is 7.58. The first kappa shape index (κ1) is 17.8. The van der Waals surface area contributed by atoms with E-state index < -0.39 is 0 Å². The number of hydrogen-bond donors (Lipinski definition) is 0. The molecule has 1 aromatic heterocycles. The lowest BCUT2D eigenvalue weighted by atomic mass is 9.99. The van der Waals surface area contributed by atoms with Crippen LogP contribution in [-0.2, 0) is 25.8 Å².